The minimum atomic E-state index is -3.16. The molecule has 94 valence electrons. The van der Waals surface area contributed by atoms with Gasteiger partial charge in [0.25, 0.3) is 0 Å². The largest absolute Gasteiger partial charge is 0.372 e. The summed E-state index contributed by atoms with van der Waals surface area (Å²) in [5.41, 5.74) is 1.03. The lowest BCUT2D eigenvalue weighted by molar-refractivity contribution is 0.587. The number of hydrogen-bond donors (Lipinski definition) is 0. The minimum Gasteiger partial charge on any atom is -0.372 e. The van der Waals surface area contributed by atoms with Crippen molar-refractivity contribution in [3.8, 4) is 0 Å². The molecule has 1 aromatic carbocycles. The zero-order valence-corrected chi connectivity index (χ0v) is 11.2. The van der Waals surface area contributed by atoms with Crippen molar-refractivity contribution in [2.75, 3.05) is 18.0 Å². The third-order valence-corrected chi connectivity index (χ3v) is 5.39. The van der Waals surface area contributed by atoms with Gasteiger partial charge < -0.3 is 4.90 Å². The van der Waals surface area contributed by atoms with E-state index in [2.05, 4.69) is 4.90 Å². The van der Waals surface area contributed by atoms with Crippen LogP contribution in [0.4, 0.5) is 5.69 Å². The monoisotopic (exact) mass is 253 g/mol. The summed E-state index contributed by atoms with van der Waals surface area (Å²) in [6.07, 6.45) is 2.39. The van der Waals surface area contributed by atoms with Crippen LogP contribution in [0.2, 0.25) is 0 Å². The Morgan fingerprint density at radius 2 is 1.82 bits per heavy atom. The number of hydrogen-bond acceptors (Lipinski definition) is 3. The molecule has 0 atom stereocenters. The van der Waals surface area contributed by atoms with Crippen molar-refractivity contribution < 1.29 is 8.42 Å². The fraction of sp³-hybridized carbons (Fsp3) is 0.538. The number of anilines is 1. The predicted octanol–water partition coefficient (Wildman–Crippen LogP) is 2.47. The van der Waals surface area contributed by atoms with E-state index in [1.54, 1.807) is 26.0 Å². The molecule has 1 saturated heterocycles. The Bertz CT molecular complexity index is 488. The van der Waals surface area contributed by atoms with Crippen LogP contribution >= 0.6 is 0 Å². The quantitative estimate of drug-likeness (QED) is 0.830. The molecule has 0 saturated carbocycles. The minimum absolute atomic E-state index is 0.365. The standard InChI is InChI=1S/C13H19NO2S/c1-11(2)17(15,16)13-7-5-6-12(10-13)14-8-3-4-9-14/h5-7,10-11H,3-4,8-9H2,1-2H3. The Kier molecular flexibility index (Phi) is 3.43. The molecule has 4 heteroatoms. The Hall–Kier alpha value is -1.03. The highest BCUT2D eigenvalue weighted by Crippen LogP contribution is 2.24. The maximum absolute atomic E-state index is 12.1. The van der Waals surface area contributed by atoms with Crippen molar-refractivity contribution in [2.45, 2.75) is 36.8 Å². The molecule has 2 rings (SSSR count). The molecule has 1 fully saturated rings. The summed E-state index contributed by atoms with van der Waals surface area (Å²) in [4.78, 5) is 2.69. The summed E-state index contributed by atoms with van der Waals surface area (Å²) in [5, 5.41) is -0.365. The third kappa shape index (κ3) is 2.46. The first-order valence-electron chi connectivity index (χ1n) is 6.11. The number of sulfone groups is 1. The number of nitrogens with zero attached hydrogens (tertiary/aromatic N) is 1. The highest BCUT2D eigenvalue weighted by atomic mass is 32.2. The number of benzene rings is 1. The van der Waals surface area contributed by atoms with Gasteiger partial charge in [0, 0.05) is 18.8 Å². The lowest BCUT2D eigenvalue weighted by Crippen LogP contribution is -2.19. The molecule has 3 nitrogen and oxygen atoms in total. The van der Waals surface area contributed by atoms with E-state index in [1.165, 1.54) is 12.8 Å². The first-order chi connectivity index (χ1) is 8.01. The molecule has 1 aliphatic rings. The molecule has 0 aromatic heterocycles. The van der Waals surface area contributed by atoms with E-state index in [1.807, 2.05) is 12.1 Å². The first kappa shape index (κ1) is 12.4. The molecule has 0 bridgehead atoms. The molecular weight excluding hydrogens is 234 g/mol. The molecule has 0 radical (unpaired) electrons. The van der Waals surface area contributed by atoms with Crippen molar-refractivity contribution in [1.29, 1.82) is 0 Å². The van der Waals surface area contributed by atoms with Crippen LogP contribution in [0.1, 0.15) is 26.7 Å². The van der Waals surface area contributed by atoms with Crippen LogP contribution in [0.3, 0.4) is 0 Å². The van der Waals surface area contributed by atoms with Crippen molar-refractivity contribution >= 4 is 15.5 Å². The van der Waals surface area contributed by atoms with E-state index in [0.29, 0.717) is 4.90 Å². The van der Waals surface area contributed by atoms with Gasteiger partial charge >= 0.3 is 0 Å². The maximum Gasteiger partial charge on any atom is 0.180 e. The van der Waals surface area contributed by atoms with Gasteiger partial charge in [0.2, 0.25) is 0 Å². The van der Waals surface area contributed by atoms with Gasteiger partial charge in [-0.15, -0.1) is 0 Å². The van der Waals surface area contributed by atoms with Gasteiger partial charge in [-0.3, -0.25) is 0 Å². The van der Waals surface area contributed by atoms with Gasteiger partial charge in [0.05, 0.1) is 10.1 Å². The van der Waals surface area contributed by atoms with Crippen LogP contribution in [-0.2, 0) is 9.84 Å². The summed E-state index contributed by atoms with van der Waals surface area (Å²) < 4.78 is 24.2. The molecule has 0 N–H and O–H groups in total. The zero-order valence-electron chi connectivity index (χ0n) is 10.4. The van der Waals surface area contributed by atoms with Gasteiger partial charge in [-0.1, -0.05) is 6.07 Å². The topological polar surface area (TPSA) is 37.4 Å². The molecule has 0 spiro atoms. The first-order valence-corrected chi connectivity index (χ1v) is 7.65. The maximum atomic E-state index is 12.1. The van der Waals surface area contributed by atoms with E-state index in [4.69, 9.17) is 0 Å². The molecular formula is C13H19NO2S. The van der Waals surface area contributed by atoms with Crippen LogP contribution in [0.5, 0.6) is 0 Å². The molecule has 1 heterocycles. The average Bonchev–Trinajstić information content (AvgIpc) is 2.82. The van der Waals surface area contributed by atoms with Gasteiger partial charge in [0.1, 0.15) is 0 Å². The van der Waals surface area contributed by atoms with Gasteiger partial charge in [-0.05, 0) is 44.9 Å². The smallest absolute Gasteiger partial charge is 0.180 e. The van der Waals surface area contributed by atoms with E-state index in [9.17, 15) is 8.42 Å². The van der Waals surface area contributed by atoms with Crippen LogP contribution in [-0.4, -0.2) is 26.8 Å². The van der Waals surface area contributed by atoms with Gasteiger partial charge in [-0.2, -0.15) is 0 Å². The van der Waals surface area contributed by atoms with Crippen molar-refractivity contribution in [2.24, 2.45) is 0 Å². The Morgan fingerprint density at radius 1 is 1.18 bits per heavy atom. The SMILES string of the molecule is CC(C)S(=O)(=O)c1cccc(N2CCCC2)c1. The Balaban J connectivity index is 2.34. The predicted molar refractivity (Wildman–Crippen MR) is 70.2 cm³/mol. The Labute approximate surface area is 103 Å². The van der Waals surface area contributed by atoms with Gasteiger partial charge in [-0.25, -0.2) is 8.42 Å². The highest BCUT2D eigenvalue weighted by molar-refractivity contribution is 7.92. The zero-order chi connectivity index (χ0) is 12.5. The van der Waals surface area contributed by atoms with Crippen LogP contribution in [0, 0.1) is 0 Å². The van der Waals surface area contributed by atoms with Crippen molar-refractivity contribution in [1.82, 2.24) is 0 Å². The molecule has 17 heavy (non-hydrogen) atoms. The second-order valence-electron chi connectivity index (χ2n) is 4.79. The molecule has 0 aliphatic carbocycles. The number of rotatable bonds is 3. The average molecular weight is 253 g/mol. The summed E-state index contributed by atoms with van der Waals surface area (Å²) in [6, 6.07) is 7.32. The third-order valence-electron chi connectivity index (χ3n) is 3.24. The van der Waals surface area contributed by atoms with E-state index in [0.717, 1.165) is 18.8 Å². The molecule has 1 aliphatic heterocycles. The van der Waals surface area contributed by atoms with Crippen LogP contribution in [0.15, 0.2) is 29.2 Å². The van der Waals surface area contributed by atoms with Crippen LogP contribution in [0.25, 0.3) is 0 Å². The summed E-state index contributed by atoms with van der Waals surface area (Å²) in [6.45, 7) is 5.51. The fourth-order valence-electron chi connectivity index (χ4n) is 2.10. The molecule has 1 aromatic rings. The van der Waals surface area contributed by atoms with Gasteiger partial charge in [0.15, 0.2) is 9.84 Å². The highest BCUT2D eigenvalue weighted by Gasteiger charge is 2.20. The fourth-order valence-corrected chi connectivity index (χ4v) is 3.20. The second-order valence-corrected chi connectivity index (χ2v) is 7.29. The van der Waals surface area contributed by atoms with E-state index >= 15 is 0 Å². The lowest BCUT2D eigenvalue weighted by Gasteiger charge is -2.18. The molecule has 0 amide bonds. The van der Waals surface area contributed by atoms with E-state index < -0.39 is 9.84 Å². The summed E-state index contributed by atoms with van der Waals surface area (Å²) >= 11 is 0. The van der Waals surface area contributed by atoms with Crippen molar-refractivity contribution in [3.05, 3.63) is 24.3 Å². The summed E-state index contributed by atoms with van der Waals surface area (Å²) in [7, 11) is -3.16. The lowest BCUT2D eigenvalue weighted by atomic mass is 10.3. The molecule has 0 unspecified atom stereocenters. The van der Waals surface area contributed by atoms with Crippen LogP contribution < -0.4 is 4.90 Å². The van der Waals surface area contributed by atoms with Crippen molar-refractivity contribution in [3.63, 3.8) is 0 Å². The summed E-state index contributed by atoms with van der Waals surface area (Å²) in [5.74, 6) is 0. The second kappa shape index (κ2) is 4.69. The van der Waals surface area contributed by atoms with E-state index in [-0.39, 0.29) is 5.25 Å². The normalized spacial score (nSPS) is 16.8. The Morgan fingerprint density at radius 3 is 2.41 bits per heavy atom.